The summed E-state index contributed by atoms with van der Waals surface area (Å²) in [6.45, 7) is 15.7. The Morgan fingerprint density at radius 2 is 1.74 bits per heavy atom. The highest BCUT2D eigenvalue weighted by atomic mass is 16.6. The number of cyclic esters (lactones) is 2. The largest absolute Gasteiger partial charge is 0.458 e. The Morgan fingerprint density at radius 3 is 2.39 bits per heavy atom. The van der Waals surface area contributed by atoms with Crippen molar-refractivity contribution in [2.45, 2.75) is 78.1 Å². The third-order valence-corrected chi connectivity index (χ3v) is 10.2. The number of carbonyl (C=O) groups is 3. The van der Waals surface area contributed by atoms with Crippen LogP contribution in [-0.4, -0.2) is 40.1 Å². The molecular weight excluding hydrogens is 396 g/mol. The number of fused-ring (bicyclic) bond motifs is 4. The highest BCUT2D eigenvalue weighted by molar-refractivity contribution is 6.10. The van der Waals surface area contributed by atoms with E-state index in [1.165, 1.54) is 6.08 Å². The van der Waals surface area contributed by atoms with Crippen molar-refractivity contribution >= 4 is 17.7 Å². The molecule has 31 heavy (non-hydrogen) atoms. The first-order chi connectivity index (χ1) is 14.1. The Labute approximate surface area is 183 Å². The van der Waals surface area contributed by atoms with Crippen LogP contribution in [0.15, 0.2) is 24.3 Å². The monoisotopic (exact) mass is 428 g/mol. The van der Waals surface area contributed by atoms with Crippen LogP contribution in [0, 0.1) is 33.5 Å². The SMILES string of the molecule is C=C1[C@@]2(C)C[C@H]3[C@]4(C)C=CC(=O)OC(C)(C)[C@H]4CC[C@]3(C)[C@@]13C(=O)O[C@H](C)[C@@]3(O)C2=O. The normalized spacial score (nSPS) is 54.5. The van der Waals surface area contributed by atoms with Crippen molar-refractivity contribution in [3.05, 3.63) is 24.3 Å². The maximum Gasteiger partial charge on any atom is 0.330 e. The molecule has 8 atom stereocenters. The highest BCUT2D eigenvalue weighted by Gasteiger charge is 2.89. The van der Waals surface area contributed by atoms with Gasteiger partial charge >= 0.3 is 11.9 Å². The van der Waals surface area contributed by atoms with E-state index in [-0.39, 0.29) is 23.6 Å². The number of aliphatic hydroxyl groups is 1. The van der Waals surface area contributed by atoms with Gasteiger partial charge in [0.1, 0.15) is 17.1 Å². The minimum Gasteiger partial charge on any atom is -0.458 e. The lowest BCUT2D eigenvalue weighted by atomic mass is 9.37. The zero-order valence-corrected chi connectivity index (χ0v) is 19.2. The molecule has 1 N–H and O–H groups in total. The van der Waals surface area contributed by atoms with Crippen molar-refractivity contribution in [2.75, 3.05) is 0 Å². The lowest BCUT2D eigenvalue weighted by Crippen LogP contribution is -2.67. The van der Waals surface area contributed by atoms with Crippen LogP contribution in [0.2, 0.25) is 0 Å². The van der Waals surface area contributed by atoms with Crippen LogP contribution in [0.5, 0.6) is 0 Å². The molecule has 0 radical (unpaired) electrons. The molecule has 1 spiro atoms. The highest BCUT2D eigenvalue weighted by Crippen LogP contribution is 2.80. The maximum absolute atomic E-state index is 13.8. The van der Waals surface area contributed by atoms with Gasteiger partial charge in [0, 0.05) is 12.0 Å². The Hall–Kier alpha value is -1.95. The van der Waals surface area contributed by atoms with Gasteiger partial charge in [-0.2, -0.15) is 0 Å². The molecule has 6 heteroatoms. The second kappa shape index (κ2) is 5.33. The van der Waals surface area contributed by atoms with Gasteiger partial charge in [0.25, 0.3) is 0 Å². The second-order valence-electron chi connectivity index (χ2n) is 11.7. The fourth-order valence-electron chi connectivity index (χ4n) is 8.81. The molecular formula is C25H32O6. The molecule has 0 aromatic carbocycles. The number of allylic oxidation sites excluding steroid dienone is 1. The summed E-state index contributed by atoms with van der Waals surface area (Å²) in [5.74, 6) is -1.43. The van der Waals surface area contributed by atoms with E-state index in [1.54, 1.807) is 6.92 Å². The first kappa shape index (κ1) is 20.9. The molecule has 1 saturated heterocycles. The van der Waals surface area contributed by atoms with Crippen LogP contribution in [0.3, 0.4) is 0 Å². The molecule has 3 aliphatic carbocycles. The third kappa shape index (κ3) is 1.83. The maximum atomic E-state index is 13.8. The number of rotatable bonds is 0. The molecule has 168 valence electrons. The van der Waals surface area contributed by atoms with E-state index < -0.39 is 44.9 Å². The topological polar surface area (TPSA) is 89.9 Å². The Kier molecular flexibility index (Phi) is 3.60. The Bertz CT molecular complexity index is 994. The standard InChI is InChI=1S/C25H32O6/c1-13-22(6)12-16-21(5)10-9-17(26)31-20(3,4)15(21)8-11-23(16,7)24(13)19(28)30-14(2)25(24,29)18(22)27/h9-10,14-16,29H,1,8,11-12H2,2-7H3/t14-,15-,16+,21-,22-,23+,24+,25-/m1/s1. The van der Waals surface area contributed by atoms with Crippen LogP contribution in [0.25, 0.3) is 0 Å². The minimum atomic E-state index is -1.93. The molecule has 0 unspecified atom stereocenters. The lowest BCUT2D eigenvalue weighted by molar-refractivity contribution is -0.197. The number of Topliss-reactive ketones (excluding diaryl/α,β-unsaturated/α-hetero) is 1. The molecule has 5 aliphatic rings. The average Bonchev–Trinajstić information content (AvgIpc) is 2.87. The number of hydrogen-bond donors (Lipinski definition) is 1. The van der Waals surface area contributed by atoms with Crippen LogP contribution >= 0.6 is 0 Å². The van der Waals surface area contributed by atoms with Crippen molar-refractivity contribution in [1.29, 1.82) is 0 Å². The number of ether oxygens (including phenoxy) is 2. The smallest absolute Gasteiger partial charge is 0.330 e. The van der Waals surface area contributed by atoms with Crippen LogP contribution in [0.4, 0.5) is 0 Å². The van der Waals surface area contributed by atoms with Gasteiger partial charge in [-0.15, -0.1) is 0 Å². The molecule has 6 nitrogen and oxygen atoms in total. The molecule has 0 amide bonds. The lowest BCUT2D eigenvalue weighted by Gasteiger charge is -2.65. The van der Waals surface area contributed by atoms with Crippen LogP contribution in [0.1, 0.15) is 60.8 Å². The average molecular weight is 429 g/mol. The molecule has 0 aromatic heterocycles. The summed E-state index contributed by atoms with van der Waals surface area (Å²) in [4.78, 5) is 39.8. The summed E-state index contributed by atoms with van der Waals surface area (Å²) >= 11 is 0. The van der Waals surface area contributed by atoms with E-state index in [9.17, 15) is 19.5 Å². The van der Waals surface area contributed by atoms with Crippen molar-refractivity contribution in [3.63, 3.8) is 0 Å². The fraction of sp³-hybridized carbons (Fsp3) is 0.720. The number of ketones is 1. The number of carbonyl (C=O) groups excluding carboxylic acids is 3. The number of hydrogen-bond acceptors (Lipinski definition) is 6. The van der Waals surface area contributed by atoms with E-state index in [2.05, 4.69) is 13.5 Å². The molecule has 5 rings (SSSR count). The van der Waals surface area contributed by atoms with Crippen LogP contribution < -0.4 is 0 Å². The predicted molar refractivity (Wildman–Crippen MR) is 112 cm³/mol. The van der Waals surface area contributed by atoms with Gasteiger partial charge in [0.2, 0.25) is 0 Å². The van der Waals surface area contributed by atoms with Gasteiger partial charge in [-0.3, -0.25) is 9.59 Å². The van der Waals surface area contributed by atoms with E-state index >= 15 is 0 Å². The van der Waals surface area contributed by atoms with Gasteiger partial charge in [0.15, 0.2) is 11.4 Å². The van der Waals surface area contributed by atoms with E-state index in [1.807, 2.05) is 33.8 Å². The molecule has 4 fully saturated rings. The second-order valence-corrected chi connectivity index (χ2v) is 11.7. The Balaban J connectivity index is 1.81. The quantitative estimate of drug-likeness (QED) is 0.471. The fourth-order valence-corrected chi connectivity index (χ4v) is 8.81. The summed E-state index contributed by atoms with van der Waals surface area (Å²) in [7, 11) is 0. The van der Waals surface area contributed by atoms with E-state index in [4.69, 9.17) is 9.47 Å². The van der Waals surface area contributed by atoms with Gasteiger partial charge in [0.05, 0.1) is 5.41 Å². The minimum absolute atomic E-state index is 0.00424. The van der Waals surface area contributed by atoms with Crippen molar-refractivity contribution < 1.29 is 29.0 Å². The van der Waals surface area contributed by atoms with E-state index in [0.717, 1.165) is 0 Å². The number of esters is 2. The first-order valence-corrected chi connectivity index (χ1v) is 11.2. The van der Waals surface area contributed by atoms with Gasteiger partial charge < -0.3 is 14.6 Å². The van der Waals surface area contributed by atoms with Gasteiger partial charge in [-0.1, -0.05) is 26.5 Å². The first-order valence-electron chi connectivity index (χ1n) is 11.2. The van der Waals surface area contributed by atoms with Crippen molar-refractivity contribution in [2.24, 2.45) is 33.5 Å². The summed E-state index contributed by atoms with van der Waals surface area (Å²) in [5, 5.41) is 12.0. The summed E-state index contributed by atoms with van der Waals surface area (Å²) in [5.41, 5.74) is -5.94. The zero-order valence-electron chi connectivity index (χ0n) is 19.2. The summed E-state index contributed by atoms with van der Waals surface area (Å²) in [6, 6.07) is 0. The molecule has 3 saturated carbocycles. The van der Waals surface area contributed by atoms with Gasteiger partial charge in [-0.25, -0.2) is 4.79 Å². The molecule has 2 aliphatic heterocycles. The summed E-state index contributed by atoms with van der Waals surface area (Å²) in [6.07, 6.45) is 4.23. The van der Waals surface area contributed by atoms with Gasteiger partial charge in [-0.05, 0) is 69.3 Å². The zero-order chi connectivity index (χ0) is 23.0. The molecule has 2 bridgehead atoms. The molecule has 2 heterocycles. The Morgan fingerprint density at radius 1 is 1.10 bits per heavy atom. The third-order valence-electron chi connectivity index (χ3n) is 10.2. The van der Waals surface area contributed by atoms with Crippen LogP contribution in [-0.2, 0) is 23.9 Å². The summed E-state index contributed by atoms with van der Waals surface area (Å²) < 4.78 is 11.4. The van der Waals surface area contributed by atoms with Crippen molar-refractivity contribution in [3.8, 4) is 0 Å². The van der Waals surface area contributed by atoms with E-state index in [0.29, 0.717) is 24.8 Å². The molecule has 0 aromatic rings. The van der Waals surface area contributed by atoms with Crippen molar-refractivity contribution in [1.82, 2.24) is 0 Å². The predicted octanol–water partition coefficient (Wildman–Crippen LogP) is 3.13.